The third-order valence-corrected chi connectivity index (χ3v) is 2.25. The van der Waals surface area contributed by atoms with Gasteiger partial charge in [0.2, 0.25) is 0 Å². The number of nitrogens with one attached hydrogen (secondary N) is 1. The van der Waals surface area contributed by atoms with Gasteiger partial charge in [-0.15, -0.1) is 11.8 Å². The molecule has 0 aliphatic rings. The van der Waals surface area contributed by atoms with Gasteiger partial charge in [-0.3, -0.25) is 9.88 Å². The van der Waals surface area contributed by atoms with Crippen LogP contribution in [0.3, 0.4) is 0 Å². The molecule has 17 heavy (non-hydrogen) atoms. The van der Waals surface area contributed by atoms with Crippen LogP contribution in [0.1, 0.15) is 6.92 Å². The first-order chi connectivity index (χ1) is 8.08. The summed E-state index contributed by atoms with van der Waals surface area (Å²) in [6.07, 6.45) is 1.92. The van der Waals surface area contributed by atoms with Gasteiger partial charge in [0.15, 0.2) is 11.6 Å². The number of hydrogen-bond donors (Lipinski definition) is 1. The van der Waals surface area contributed by atoms with E-state index in [9.17, 15) is 14.0 Å². The molecule has 6 nitrogen and oxygen atoms in total. The van der Waals surface area contributed by atoms with E-state index in [1.165, 1.54) is 11.8 Å². The predicted molar refractivity (Wildman–Crippen MR) is 62.6 cm³/mol. The van der Waals surface area contributed by atoms with E-state index in [0.29, 0.717) is 5.88 Å². The van der Waals surface area contributed by atoms with E-state index >= 15 is 0 Å². The molecule has 94 valence electrons. The zero-order chi connectivity index (χ0) is 12.8. The second-order valence-corrected chi connectivity index (χ2v) is 3.79. The molecule has 1 N–H and O–H groups in total. The lowest BCUT2D eigenvalue weighted by molar-refractivity contribution is 0.167. The molecule has 0 aromatic carbocycles. The standard InChI is InChI=1S/C9H12FN3O3S/c1-3-16-9(15)12-7-6(10)4-13(5-17-2)8(14)11-7/h4H,3,5H2,1-2H3,(H,11,12,14,15). The van der Waals surface area contributed by atoms with Crippen LogP contribution in [0.25, 0.3) is 0 Å². The first kappa shape index (κ1) is 13.5. The van der Waals surface area contributed by atoms with E-state index in [1.54, 1.807) is 13.2 Å². The molecule has 0 radical (unpaired) electrons. The van der Waals surface area contributed by atoms with Crippen LogP contribution in [-0.2, 0) is 10.6 Å². The number of amides is 1. The normalized spacial score (nSPS) is 10.1. The van der Waals surface area contributed by atoms with E-state index in [4.69, 9.17) is 0 Å². The fourth-order valence-electron chi connectivity index (χ4n) is 1.05. The van der Waals surface area contributed by atoms with Crippen LogP contribution in [0, 0.1) is 5.82 Å². The van der Waals surface area contributed by atoms with Gasteiger partial charge in [-0.1, -0.05) is 0 Å². The maximum Gasteiger partial charge on any atom is 0.412 e. The minimum Gasteiger partial charge on any atom is -0.450 e. The molecule has 1 amide bonds. The Morgan fingerprint density at radius 1 is 1.71 bits per heavy atom. The molecule has 0 spiro atoms. The van der Waals surface area contributed by atoms with Crippen molar-refractivity contribution < 1.29 is 13.9 Å². The van der Waals surface area contributed by atoms with Gasteiger partial charge < -0.3 is 4.74 Å². The van der Waals surface area contributed by atoms with Crippen molar-refractivity contribution in [1.29, 1.82) is 0 Å². The average molecular weight is 261 g/mol. The molecule has 0 saturated carbocycles. The van der Waals surface area contributed by atoms with E-state index in [0.717, 1.165) is 10.8 Å². The van der Waals surface area contributed by atoms with Gasteiger partial charge in [-0.05, 0) is 13.2 Å². The highest BCUT2D eigenvalue weighted by Gasteiger charge is 2.11. The monoisotopic (exact) mass is 261 g/mol. The summed E-state index contributed by atoms with van der Waals surface area (Å²) < 4.78 is 19.1. The molecule has 0 fully saturated rings. The third-order valence-electron chi connectivity index (χ3n) is 1.71. The summed E-state index contributed by atoms with van der Waals surface area (Å²) in [7, 11) is 0. The van der Waals surface area contributed by atoms with Crippen molar-refractivity contribution in [2.75, 3.05) is 18.2 Å². The molecule has 1 rings (SSSR count). The van der Waals surface area contributed by atoms with Crippen LogP contribution in [-0.4, -0.2) is 28.5 Å². The lowest BCUT2D eigenvalue weighted by Crippen LogP contribution is -2.26. The van der Waals surface area contributed by atoms with E-state index in [2.05, 4.69) is 15.0 Å². The molecule has 1 aromatic heterocycles. The van der Waals surface area contributed by atoms with Crippen LogP contribution in [0.2, 0.25) is 0 Å². The maximum atomic E-state index is 13.5. The highest BCUT2D eigenvalue weighted by Crippen LogP contribution is 2.08. The van der Waals surface area contributed by atoms with Crippen molar-refractivity contribution >= 4 is 23.7 Å². The van der Waals surface area contributed by atoms with Gasteiger partial charge in [0, 0.05) is 6.20 Å². The smallest absolute Gasteiger partial charge is 0.412 e. The number of rotatable bonds is 4. The van der Waals surface area contributed by atoms with Crippen LogP contribution in [0.4, 0.5) is 15.0 Å². The molecular weight excluding hydrogens is 249 g/mol. The molecule has 0 atom stereocenters. The zero-order valence-electron chi connectivity index (χ0n) is 9.40. The lowest BCUT2D eigenvalue weighted by atomic mass is 10.5. The van der Waals surface area contributed by atoms with E-state index in [1.807, 2.05) is 0 Å². The van der Waals surface area contributed by atoms with Crippen molar-refractivity contribution in [2.24, 2.45) is 0 Å². The van der Waals surface area contributed by atoms with Crippen molar-refractivity contribution in [1.82, 2.24) is 9.55 Å². The maximum absolute atomic E-state index is 13.5. The quantitative estimate of drug-likeness (QED) is 0.883. The first-order valence-corrected chi connectivity index (χ1v) is 6.17. The minimum atomic E-state index is -0.846. The first-order valence-electron chi connectivity index (χ1n) is 4.78. The van der Waals surface area contributed by atoms with Gasteiger partial charge >= 0.3 is 11.8 Å². The van der Waals surface area contributed by atoms with Crippen LogP contribution in [0.5, 0.6) is 0 Å². The molecule has 0 unspecified atom stereocenters. The van der Waals surface area contributed by atoms with E-state index in [-0.39, 0.29) is 6.61 Å². The SMILES string of the molecule is CCOC(=O)Nc1nc(=O)n(CSC)cc1F. The van der Waals surface area contributed by atoms with Gasteiger partial charge in [0.05, 0.1) is 12.5 Å². The van der Waals surface area contributed by atoms with Gasteiger partial charge in [-0.2, -0.15) is 4.98 Å². The fourth-order valence-corrected chi connectivity index (χ4v) is 1.51. The summed E-state index contributed by atoms with van der Waals surface area (Å²) in [4.78, 5) is 25.9. The molecule has 1 heterocycles. The Morgan fingerprint density at radius 3 is 3.00 bits per heavy atom. The third kappa shape index (κ3) is 3.74. The number of nitrogens with zero attached hydrogens (tertiary/aromatic N) is 2. The molecule has 1 aromatic rings. The summed E-state index contributed by atoms with van der Waals surface area (Å²) in [5, 5.41) is 2.05. The highest BCUT2D eigenvalue weighted by molar-refractivity contribution is 7.97. The number of thioether (sulfide) groups is 1. The molecule has 0 aliphatic carbocycles. The van der Waals surface area contributed by atoms with Crippen molar-refractivity contribution in [3.05, 3.63) is 22.5 Å². The minimum absolute atomic E-state index is 0.150. The Kier molecular flexibility index (Phi) is 4.95. The highest BCUT2D eigenvalue weighted by atomic mass is 32.2. The molecular formula is C9H12FN3O3S. The Balaban J connectivity index is 2.91. The topological polar surface area (TPSA) is 73.2 Å². The van der Waals surface area contributed by atoms with Crippen molar-refractivity contribution in [3.8, 4) is 0 Å². The summed E-state index contributed by atoms with van der Waals surface area (Å²) >= 11 is 1.35. The number of hydrogen-bond acceptors (Lipinski definition) is 5. The summed E-state index contributed by atoms with van der Waals surface area (Å²) in [6.45, 7) is 1.76. The predicted octanol–water partition coefficient (Wildman–Crippen LogP) is 1.27. The molecule has 0 saturated heterocycles. The van der Waals surface area contributed by atoms with Gasteiger partial charge in [-0.25, -0.2) is 14.0 Å². The second-order valence-electron chi connectivity index (χ2n) is 2.95. The number of halogens is 1. The molecule has 0 bridgehead atoms. The fraction of sp³-hybridized carbons (Fsp3) is 0.444. The van der Waals surface area contributed by atoms with Crippen LogP contribution < -0.4 is 11.0 Å². The largest absolute Gasteiger partial charge is 0.450 e. The Morgan fingerprint density at radius 2 is 2.41 bits per heavy atom. The molecule has 0 aliphatic heterocycles. The second kappa shape index (κ2) is 6.24. The average Bonchev–Trinajstić information content (AvgIpc) is 2.26. The number of ether oxygens (including phenoxy) is 1. The Labute approximate surface area is 101 Å². The zero-order valence-corrected chi connectivity index (χ0v) is 10.2. The van der Waals surface area contributed by atoms with E-state index < -0.39 is 23.4 Å². The summed E-state index contributed by atoms with van der Waals surface area (Å²) in [6, 6.07) is 0. The number of carbonyl (C=O) groups excluding carboxylic acids is 1. The Bertz CT molecular complexity index is 463. The molecule has 8 heteroatoms. The van der Waals surface area contributed by atoms with Crippen molar-refractivity contribution in [2.45, 2.75) is 12.8 Å². The summed E-state index contributed by atoms with van der Waals surface area (Å²) in [5.41, 5.74) is -0.632. The van der Waals surface area contributed by atoms with Gasteiger partial charge in [0.1, 0.15) is 0 Å². The lowest BCUT2D eigenvalue weighted by Gasteiger charge is -2.07. The summed E-state index contributed by atoms with van der Waals surface area (Å²) in [5.74, 6) is -0.917. The Hall–Kier alpha value is -1.57. The van der Waals surface area contributed by atoms with Crippen molar-refractivity contribution in [3.63, 3.8) is 0 Å². The number of anilines is 1. The van der Waals surface area contributed by atoms with Crippen LogP contribution >= 0.6 is 11.8 Å². The van der Waals surface area contributed by atoms with Crippen LogP contribution in [0.15, 0.2) is 11.0 Å². The van der Waals surface area contributed by atoms with Gasteiger partial charge in [0.25, 0.3) is 0 Å². The number of aromatic nitrogens is 2. The number of carbonyl (C=O) groups is 1.